The van der Waals surface area contributed by atoms with Crippen LogP contribution in [0.1, 0.15) is 6.42 Å². The largest absolute Gasteiger partial charge is 0.488 e. The fourth-order valence-corrected chi connectivity index (χ4v) is 2.31. The van der Waals surface area contributed by atoms with Crippen LogP contribution in [0, 0.1) is 5.82 Å². The van der Waals surface area contributed by atoms with E-state index in [9.17, 15) is 9.18 Å². The van der Waals surface area contributed by atoms with Crippen molar-refractivity contribution in [2.24, 2.45) is 0 Å². The van der Waals surface area contributed by atoms with Gasteiger partial charge in [0, 0.05) is 13.0 Å². The molecule has 1 fully saturated rings. The van der Waals surface area contributed by atoms with Gasteiger partial charge in [-0.3, -0.25) is 4.79 Å². The van der Waals surface area contributed by atoms with Crippen molar-refractivity contribution in [3.8, 4) is 5.75 Å². The van der Waals surface area contributed by atoms with Crippen LogP contribution in [0.5, 0.6) is 5.75 Å². The fraction of sp³-hybridized carbons (Fsp3) is 0.417. The van der Waals surface area contributed by atoms with Crippen molar-refractivity contribution in [1.82, 2.24) is 5.32 Å². The van der Waals surface area contributed by atoms with Crippen LogP contribution in [0.25, 0.3) is 0 Å². The molecule has 7 heteroatoms. The number of esters is 1. The standard InChI is InChI=1S/C12H13BrFNO3.ClH/c1-17-12(16)10-5-8(6-15-10)18-11-3-2-7(14)4-9(11)13;/h2-4,8,10,15H,5-6H2,1H3;1H/t8-,10+;/m1./s1. The third-order valence-electron chi connectivity index (χ3n) is 2.76. The predicted octanol–water partition coefficient (Wildman–Crippen LogP) is 2.29. The number of benzene rings is 1. The van der Waals surface area contributed by atoms with E-state index < -0.39 is 0 Å². The molecule has 0 unspecified atom stereocenters. The van der Waals surface area contributed by atoms with Gasteiger partial charge in [-0.15, -0.1) is 12.4 Å². The summed E-state index contributed by atoms with van der Waals surface area (Å²) in [4.78, 5) is 11.3. The maximum absolute atomic E-state index is 12.9. The van der Waals surface area contributed by atoms with E-state index in [1.165, 1.54) is 19.2 Å². The first-order valence-corrected chi connectivity index (χ1v) is 6.32. The molecule has 106 valence electrons. The second-order valence-electron chi connectivity index (χ2n) is 4.03. The molecular formula is C12H14BrClFNO3. The van der Waals surface area contributed by atoms with E-state index in [1.54, 1.807) is 6.07 Å². The van der Waals surface area contributed by atoms with Crippen LogP contribution in [-0.4, -0.2) is 31.8 Å². The Bertz CT molecular complexity index is 461. The summed E-state index contributed by atoms with van der Waals surface area (Å²) in [6, 6.07) is 3.90. The third kappa shape index (κ3) is 4.06. The smallest absolute Gasteiger partial charge is 0.323 e. The molecule has 0 aliphatic carbocycles. The van der Waals surface area contributed by atoms with Gasteiger partial charge in [0.15, 0.2) is 0 Å². The Morgan fingerprint density at radius 1 is 1.53 bits per heavy atom. The average Bonchev–Trinajstić information content (AvgIpc) is 2.80. The number of methoxy groups -OCH3 is 1. The second kappa shape index (κ2) is 7.07. The minimum absolute atomic E-state index is 0. The Morgan fingerprint density at radius 2 is 2.26 bits per heavy atom. The van der Waals surface area contributed by atoms with E-state index >= 15 is 0 Å². The first-order chi connectivity index (χ1) is 8.60. The summed E-state index contributed by atoms with van der Waals surface area (Å²) < 4.78 is 23.8. The van der Waals surface area contributed by atoms with Crippen molar-refractivity contribution < 1.29 is 18.7 Å². The van der Waals surface area contributed by atoms with Crippen LogP contribution >= 0.6 is 28.3 Å². The molecule has 0 saturated carbocycles. The molecule has 2 rings (SSSR count). The summed E-state index contributed by atoms with van der Waals surface area (Å²) in [6.45, 7) is 0.559. The molecule has 1 N–H and O–H groups in total. The minimum atomic E-state index is -0.334. The topological polar surface area (TPSA) is 47.6 Å². The van der Waals surface area contributed by atoms with Crippen LogP contribution in [0.15, 0.2) is 22.7 Å². The van der Waals surface area contributed by atoms with Crippen molar-refractivity contribution in [2.45, 2.75) is 18.6 Å². The lowest BCUT2D eigenvalue weighted by Crippen LogP contribution is -2.31. The lowest BCUT2D eigenvalue weighted by atomic mass is 10.2. The summed E-state index contributed by atoms with van der Waals surface area (Å²) >= 11 is 3.24. The molecule has 0 spiro atoms. The number of halogens is 3. The summed E-state index contributed by atoms with van der Waals surface area (Å²) in [5.74, 6) is -0.0563. The Balaban J connectivity index is 0.00000180. The fourth-order valence-electron chi connectivity index (χ4n) is 1.87. The van der Waals surface area contributed by atoms with E-state index in [4.69, 9.17) is 4.74 Å². The Kier molecular flexibility index (Phi) is 6.03. The number of nitrogens with one attached hydrogen (secondary N) is 1. The summed E-state index contributed by atoms with van der Waals surface area (Å²) in [6.07, 6.45) is 0.409. The molecular weight excluding hydrogens is 340 g/mol. The Labute approximate surface area is 125 Å². The number of rotatable bonds is 3. The molecule has 1 saturated heterocycles. The van der Waals surface area contributed by atoms with Gasteiger partial charge in [-0.25, -0.2) is 4.39 Å². The van der Waals surface area contributed by atoms with E-state index in [0.29, 0.717) is 23.2 Å². The number of carbonyl (C=O) groups excluding carboxylic acids is 1. The van der Waals surface area contributed by atoms with Gasteiger partial charge in [-0.05, 0) is 34.1 Å². The number of hydrogen-bond acceptors (Lipinski definition) is 4. The van der Waals surface area contributed by atoms with Crippen LogP contribution in [0.3, 0.4) is 0 Å². The second-order valence-corrected chi connectivity index (χ2v) is 4.89. The summed E-state index contributed by atoms with van der Waals surface area (Å²) in [5, 5.41) is 3.02. The Morgan fingerprint density at radius 3 is 2.89 bits per heavy atom. The number of ether oxygens (including phenoxy) is 2. The molecule has 1 aromatic carbocycles. The Hall–Kier alpha value is -0.850. The quantitative estimate of drug-likeness (QED) is 0.846. The van der Waals surface area contributed by atoms with Gasteiger partial charge in [0.05, 0.1) is 11.6 Å². The van der Waals surface area contributed by atoms with Crippen molar-refractivity contribution in [3.05, 3.63) is 28.5 Å². The maximum Gasteiger partial charge on any atom is 0.323 e. The molecule has 0 radical (unpaired) electrons. The maximum atomic E-state index is 12.9. The molecule has 0 bridgehead atoms. The first kappa shape index (κ1) is 16.2. The molecule has 0 aromatic heterocycles. The first-order valence-electron chi connectivity index (χ1n) is 5.53. The van der Waals surface area contributed by atoms with Crippen molar-refractivity contribution in [3.63, 3.8) is 0 Å². The SMILES string of the molecule is COC(=O)[C@@H]1C[C@@H](Oc2ccc(F)cc2Br)CN1.Cl. The molecule has 1 heterocycles. The van der Waals surface area contributed by atoms with Gasteiger partial charge in [-0.1, -0.05) is 0 Å². The average molecular weight is 355 g/mol. The van der Waals surface area contributed by atoms with Crippen LogP contribution in [0.4, 0.5) is 4.39 Å². The van der Waals surface area contributed by atoms with E-state index in [2.05, 4.69) is 26.0 Å². The lowest BCUT2D eigenvalue weighted by Gasteiger charge is -2.14. The predicted molar refractivity (Wildman–Crippen MR) is 74.2 cm³/mol. The number of carbonyl (C=O) groups is 1. The van der Waals surface area contributed by atoms with Crippen LogP contribution in [-0.2, 0) is 9.53 Å². The third-order valence-corrected chi connectivity index (χ3v) is 3.38. The molecule has 19 heavy (non-hydrogen) atoms. The van der Waals surface area contributed by atoms with Gasteiger partial charge < -0.3 is 14.8 Å². The minimum Gasteiger partial charge on any atom is -0.488 e. The highest BCUT2D eigenvalue weighted by Crippen LogP contribution is 2.27. The van der Waals surface area contributed by atoms with E-state index in [0.717, 1.165) is 0 Å². The van der Waals surface area contributed by atoms with Crippen molar-refractivity contribution in [2.75, 3.05) is 13.7 Å². The van der Waals surface area contributed by atoms with E-state index in [1.807, 2.05) is 0 Å². The highest BCUT2D eigenvalue weighted by Gasteiger charge is 2.31. The molecule has 1 aromatic rings. The molecule has 1 aliphatic rings. The zero-order chi connectivity index (χ0) is 13.1. The van der Waals surface area contributed by atoms with Crippen LogP contribution < -0.4 is 10.1 Å². The van der Waals surface area contributed by atoms with Crippen molar-refractivity contribution in [1.29, 1.82) is 0 Å². The van der Waals surface area contributed by atoms with E-state index in [-0.39, 0.29) is 36.3 Å². The van der Waals surface area contributed by atoms with Crippen LogP contribution in [0.2, 0.25) is 0 Å². The molecule has 2 atom stereocenters. The summed E-state index contributed by atoms with van der Waals surface area (Å²) in [5.41, 5.74) is 0. The highest BCUT2D eigenvalue weighted by atomic mass is 79.9. The van der Waals surface area contributed by atoms with Gasteiger partial charge in [0.25, 0.3) is 0 Å². The van der Waals surface area contributed by atoms with Crippen molar-refractivity contribution >= 4 is 34.3 Å². The van der Waals surface area contributed by atoms with Gasteiger partial charge >= 0.3 is 5.97 Å². The molecule has 1 aliphatic heterocycles. The monoisotopic (exact) mass is 353 g/mol. The van der Waals surface area contributed by atoms with Gasteiger partial charge in [0.2, 0.25) is 0 Å². The molecule has 4 nitrogen and oxygen atoms in total. The zero-order valence-electron chi connectivity index (χ0n) is 10.2. The van der Waals surface area contributed by atoms with Gasteiger partial charge in [0.1, 0.15) is 23.7 Å². The normalized spacial score (nSPS) is 21.6. The summed E-state index contributed by atoms with van der Waals surface area (Å²) in [7, 11) is 1.36. The zero-order valence-corrected chi connectivity index (χ0v) is 12.6. The lowest BCUT2D eigenvalue weighted by molar-refractivity contribution is -0.142. The molecule has 0 amide bonds. The highest BCUT2D eigenvalue weighted by molar-refractivity contribution is 9.10. The van der Waals surface area contributed by atoms with Gasteiger partial charge in [-0.2, -0.15) is 0 Å². The number of hydrogen-bond donors (Lipinski definition) is 1.